The zero-order chi connectivity index (χ0) is 15.3. The number of halogens is 1. The second-order valence-electron chi connectivity index (χ2n) is 5.05. The highest BCUT2D eigenvalue weighted by molar-refractivity contribution is 6.30. The highest BCUT2D eigenvalue weighted by atomic mass is 35.5. The van der Waals surface area contributed by atoms with Crippen LogP contribution in [-0.2, 0) is 4.79 Å². The van der Waals surface area contributed by atoms with E-state index in [-0.39, 0.29) is 18.0 Å². The van der Waals surface area contributed by atoms with Crippen LogP contribution in [0.3, 0.4) is 0 Å². The minimum absolute atomic E-state index is 0.131. The number of carbonyl (C=O) groups excluding carboxylic acids is 1. The van der Waals surface area contributed by atoms with Crippen LogP contribution in [-0.4, -0.2) is 18.1 Å². The van der Waals surface area contributed by atoms with Crippen LogP contribution in [0, 0.1) is 0 Å². The van der Waals surface area contributed by atoms with Crippen LogP contribution in [0.2, 0.25) is 5.02 Å². The number of benzene rings is 1. The number of rotatable bonds is 6. The second kappa shape index (κ2) is 7.50. The molecule has 20 heavy (non-hydrogen) atoms. The third-order valence-electron chi connectivity index (χ3n) is 3.14. The minimum atomic E-state index is -0.581. The Morgan fingerprint density at radius 3 is 2.60 bits per heavy atom. The Labute approximate surface area is 125 Å². The lowest BCUT2D eigenvalue weighted by molar-refractivity contribution is -0.127. The van der Waals surface area contributed by atoms with E-state index < -0.39 is 6.10 Å². The lowest BCUT2D eigenvalue weighted by Gasteiger charge is -2.20. The summed E-state index contributed by atoms with van der Waals surface area (Å²) >= 11 is 5.96. The molecule has 3 N–H and O–H groups in total. The Balaban J connectivity index is 2.80. The van der Waals surface area contributed by atoms with Gasteiger partial charge in [0.1, 0.15) is 5.75 Å². The van der Waals surface area contributed by atoms with Crippen LogP contribution >= 0.6 is 11.6 Å². The zero-order valence-electron chi connectivity index (χ0n) is 12.4. The van der Waals surface area contributed by atoms with E-state index in [1.165, 1.54) is 0 Å². The fourth-order valence-corrected chi connectivity index (χ4v) is 1.87. The van der Waals surface area contributed by atoms with Gasteiger partial charge in [0.15, 0.2) is 6.10 Å². The van der Waals surface area contributed by atoms with Crippen LogP contribution in [0.15, 0.2) is 18.2 Å². The molecule has 1 aromatic rings. The quantitative estimate of drug-likeness (QED) is 0.848. The first kappa shape index (κ1) is 16.8. The van der Waals surface area contributed by atoms with Gasteiger partial charge in [-0.15, -0.1) is 0 Å². The van der Waals surface area contributed by atoms with Crippen molar-refractivity contribution in [2.24, 2.45) is 5.73 Å². The molecule has 0 aliphatic rings. The first-order valence-corrected chi connectivity index (χ1v) is 7.25. The van der Waals surface area contributed by atoms with E-state index in [9.17, 15) is 4.79 Å². The molecule has 0 spiro atoms. The monoisotopic (exact) mass is 298 g/mol. The van der Waals surface area contributed by atoms with Gasteiger partial charge in [-0.05, 0) is 45.4 Å². The molecule has 4 nitrogen and oxygen atoms in total. The van der Waals surface area contributed by atoms with Crippen molar-refractivity contribution in [1.82, 2.24) is 5.32 Å². The van der Waals surface area contributed by atoms with Crippen LogP contribution in [0.4, 0.5) is 0 Å². The Morgan fingerprint density at radius 2 is 2.05 bits per heavy atom. The van der Waals surface area contributed by atoms with Gasteiger partial charge in [-0.1, -0.05) is 18.5 Å². The van der Waals surface area contributed by atoms with E-state index in [0.717, 1.165) is 12.0 Å². The molecule has 0 saturated carbocycles. The van der Waals surface area contributed by atoms with Crippen molar-refractivity contribution in [3.05, 3.63) is 28.8 Å². The van der Waals surface area contributed by atoms with Crippen LogP contribution in [0.25, 0.3) is 0 Å². The van der Waals surface area contributed by atoms with Gasteiger partial charge in [0.25, 0.3) is 5.91 Å². The highest BCUT2D eigenvalue weighted by Gasteiger charge is 2.18. The summed E-state index contributed by atoms with van der Waals surface area (Å²) in [6.07, 6.45) is 0.299. The Morgan fingerprint density at radius 1 is 1.40 bits per heavy atom. The molecular weight excluding hydrogens is 276 g/mol. The predicted octanol–water partition coefficient (Wildman–Crippen LogP) is 3.04. The van der Waals surface area contributed by atoms with Crippen molar-refractivity contribution in [3.8, 4) is 5.75 Å². The number of hydrogen-bond acceptors (Lipinski definition) is 3. The van der Waals surface area contributed by atoms with E-state index in [2.05, 4.69) is 5.32 Å². The number of carbonyl (C=O) groups is 1. The number of nitrogens with one attached hydrogen (secondary N) is 1. The summed E-state index contributed by atoms with van der Waals surface area (Å²) in [6, 6.07) is 5.15. The third kappa shape index (κ3) is 4.69. The van der Waals surface area contributed by atoms with Crippen LogP contribution < -0.4 is 15.8 Å². The maximum Gasteiger partial charge on any atom is 0.260 e. The van der Waals surface area contributed by atoms with Crippen molar-refractivity contribution in [2.45, 2.75) is 52.3 Å². The van der Waals surface area contributed by atoms with Gasteiger partial charge in [-0.2, -0.15) is 0 Å². The summed E-state index contributed by atoms with van der Waals surface area (Å²) in [7, 11) is 0. The van der Waals surface area contributed by atoms with Crippen molar-refractivity contribution >= 4 is 17.5 Å². The molecule has 1 amide bonds. The summed E-state index contributed by atoms with van der Waals surface area (Å²) in [5.74, 6) is 0.459. The van der Waals surface area contributed by atoms with Gasteiger partial charge in [-0.25, -0.2) is 0 Å². The lowest BCUT2D eigenvalue weighted by Crippen LogP contribution is -2.41. The second-order valence-corrected chi connectivity index (χ2v) is 5.49. The Bertz CT molecular complexity index is 463. The number of amides is 1. The molecule has 0 aliphatic carbocycles. The van der Waals surface area contributed by atoms with E-state index >= 15 is 0 Å². The van der Waals surface area contributed by atoms with Gasteiger partial charge in [-0.3, -0.25) is 4.79 Å². The molecule has 1 rings (SSSR count). The zero-order valence-corrected chi connectivity index (χ0v) is 13.2. The van der Waals surface area contributed by atoms with Gasteiger partial charge in [0.2, 0.25) is 0 Å². The predicted molar refractivity (Wildman–Crippen MR) is 82.0 cm³/mol. The Hall–Kier alpha value is -1.26. The summed E-state index contributed by atoms with van der Waals surface area (Å²) in [4.78, 5) is 12.0. The first-order chi connectivity index (χ1) is 9.35. The standard InChI is InChI=1S/C15H23ClN2O2/c1-5-9(2)18-15(19)11(4)20-14-7-6-12(16)8-13(14)10(3)17/h6-11H,5,17H2,1-4H3,(H,18,19). The van der Waals surface area contributed by atoms with Crippen molar-refractivity contribution < 1.29 is 9.53 Å². The highest BCUT2D eigenvalue weighted by Crippen LogP contribution is 2.28. The molecule has 5 heteroatoms. The molecule has 0 heterocycles. The molecular formula is C15H23ClN2O2. The van der Waals surface area contributed by atoms with E-state index in [0.29, 0.717) is 10.8 Å². The maximum atomic E-state index is 12.0. The summed E-state index contributed by atoms with van der Waals surface area (Å²) in [5, 5.41) is 3.49. The van der Waals surface area contributed by atoms with E-state index in [4.69, 9.17) is 22.1 Å². The topological polar surface area (TPSA) is 64.3 Å². The SMILES string of the molecule is CCC(C)NC(=O)C(C)Oc1ccc(Cl)cc1C(C)N. The molecule has 0 saturated heterocycles. The fraction of sp³-hybridized carbons (Fsp3) is 0.533. The molecule has 3 unspecified atom stereocenters. The van der Waals surface area contributed by atoms with E-state index in [1.807, 2.05) is 20.8 Å². The first-order valence-electron chi connectivity index (χ1n) is 6.87. The van der Waals surface area contributed by atoms with E-state index in [1.54, 1.807) is 25.1 Å². The summed E-state index contributed by atoms with van der Waals surface area (Å²) in [6.45, 7) is 7.55. The summed E-state index contributed by atoms with van der Waals surface area (Å²) < 4.78 is 5.72. The Kier molecular flexibility index (Phi) is 6.30. The van der Waals surface area contributed by atoms with Gasteiger partial charge < -0.3 is 15.8 Å². The van der Waals surface area contributed by atoms with Crippen LogP contribution in [0.5, 0.6) is 5.75 Å². The smallest absolute Gasteiger partial charge is 0.260 e. The maximum absolute atomic E-state index is 12.0. The average molecular weight is 299 g/mol. The van der Waals surface area contributed by atoms with Crippen molar-refractivity contribution in [3.63, 3.8) is 0 Å². The molecule has 1 aromatic carbocycles. The van der Waals surface area contributed by atoms with Gasteiger partial charge in [0.05, 0.1) is 0 Å². The number of nitrogens with two attached hydrogens (primary N) is 1. The van der Waals surface area contributed by atoms with Gasteiger partial charge in [0, 0.05) is 22.7 Å². The number of hydrogen-bond donors (Lipinski definition) is 2. The molecule has 0 aliphatic heterocycles. The minimum Gasteiger partial charge on any atom is -0.481 e. The molecule has 3 atom stereocenters. The summed E-state index contributed by atoms with van der Waals surface area (Å²) in [5.41, 5.74) is 6.69. The normalized spacial score (nSPS) is 15.3. The van der Waals surface area contributed by atoms with Crippen molar-refractivity contribution in [2.75, 3.05) is 0 Å². The molecule has 0 fully saturated rings. The molecule has 112 valence electrons. The fourth-order valence-electron chi connectivity index (χ4n) is 1.69. The lowest BCUT2D eigenvalue weighted by atomic mass is 10.1. The average Bonchev–Trinajstić information content (AvgIpc) is 2.40. The molecule has 0 aromatic heterocycles. The largest absolute Gasteiger partial charge is 0.481 e. The van der Waals surface area contributed by atoms with Gasteiger partial charge >= 0.3 is 0 Å². The van der Waals surface area contributed by atoms with Crippen molar-refractivity contribution in [1.29, 1.82) is 0 Å². The third-order valence-corrected chi connectivity index (χ3v) is 3.37. The van der Waals surface area contributed by atoms with Crippen LogP contribution in [0.1, 0.15) is 45.7 Å². The molecule has 0 radical (unpaired) electrons. The number of ether oxygens (including phenoxy) is 1. The molecule has 0 bridgehead atoms.